The van der Waals surface area contributed by atoms with Gasteiger partial charge in [-0.15, -0.1) is 0 Å². The van der Waals surface area contributed by atoms with Crippen LogP contribution in [0, 0.1) is 0 Å². The largest absolute Gasteiger partial charge is 0.406 e. The number of hydrogen-bond donors (Lipinski definition) is 1. The van der Waals surface area contributed by atoms with Crippen LogP contribution in [0.3, 0.4) is 0 Å². The zero-order chi connectivity index (χ0) is 25.6. The molecule has 34 heavy (non-hydrogen) atoms. The summed E-state index contributed by atoms with van der Waals surface area (Å²) in [4.78, 5) is 49.9. The summed E-state index contributed by atoms with van der Waals surface area (Å²) < 4.78 is 9.41. The molecule has 1 unspecified atom stereocenters. The van der Waals surface area contributed by atoms with Crippen LogP contribution in [-0.4, -0.2) is 47.3 Å². The maximum atomic E-state index is 11.7. The first-order valence-electron chi connectivity index (χ1n) is 13.0. The lowest BCUT2D eigenvalue weighted by Gasteiger charge is -2.08. The molecule has 8 nitrogen and oxygen atoms in total. The summed E-state index contributed by atoms with van der Waals surface area (Å²) in [6.45, 7) is 4.93. The fourth-order valence-electron chi connectivity index (χ4n) is 3.31. The molecule has 0 rings (SSSR count). The average Bonchev–Trinajstić information content (AvgIpc) is 2.79. The minimum atomic E-state index is -1.41. The first-order chi connectivity index (χ1) is 16.3. The van der Waals surface area contributed by atoms with E-state index in [1.54, 1.807) is 0 Å². The predicted molar refractivity (Wildman–Crippen MR) is 131 cm³/mol. The number of carbonyl (C=O) groups excluding carboxylic acids is 4. The van der Waals surface area contributed by atoms with E-state index in [0.717, 1.165) is 26.2 Å². The molecule has 1 atom stereocenters. The minimum Gasteiger partial charge on any atom is -0.406 e. The van der Waals surface area contributed by atoms with E-state index in [-0.39, 0.29) is 18.7 Å². The Labute approximate surface area is 204 Å². The molecule has 0 saturated carbocycles. The van der Waals surface area contributed by atoms with Gasteiger partial charge in [-0.2, -0.15) is 0 Å². The van der Waals surface area contributed by atoms with Crippen molar-refractivity contribution in [1.82, 2.24) is 0 Å². The Bertz CT molecular complexity index is 629. The van der Waals surface area contributed by atoms with E-state index >= 15 is 0 Å². The van der Waals surface area contributed by atoms with Gasteiger partial charge in [0.05, 0.1) is 6.42 Å². The summed E-state index contributed by atoms with van der Waals surface area (Å²) >= 11 is 0. The number of ketones is 1. The summed E-state index contributed by atoms with van der Waals surface area (Å²) in [6.07, 6.45) is 15.7. The summed E-state index contributed by atoms with van der Waals surface area (Å²) in [7, 11) is 0. The Balaban J connectivity index is 4.04. The van der Waals surface area contributed by atoms with Gasteiger partial charge in [-0.3, -0.25) is 14.6 Å². The number of rotatable bonds is 20. The molecule has 0 heterocycles. The minimum absolute atomic E-state index is 0.0312. The van der Waals surface area contributed by atoms with Crippen LogP contribution in [0.2, 0.25) is 0 Å². The Morgan fingerprint density at radius 1 is 0.735 bits per heavy atom. The molecule has 0 saturated heterocycles. The van der Waals surface area contributed by atoms with Crippen molar-refractivity contribution in [2.75, 3.05) is 6.54 Å². The van der Waals surface area contributed by atoms with Crippen molar-refractivity contribution in [2.24, 2.45) is 4.99 Å². The molecule has 0 aliphatic rings. The second kappa shape index (κ2) is 21.4. The van der Waals surface area contributed by atoms with E-state index < -0.39 is 29.8 Å². The van der Waals surface area contributed by atoms with E-state index in [9.17, 15) is 19.2 Å². The van der Waals surface area contributed by atoms with Crippen LogP contribution in [-0.2, 0) is 28.7 Å². The number of aliphatic imine (C=N–C) groups is 1. The molecule has 1 N–H and O–H groups in total. The van der Waals surface area contributed by atoms with Crippen LogP contribution in [0.15, 0.2) is 4.99 Å². The molecule has 0 fully saturated rings. The predicted octanol–water partition coefficient (Wildman–Crippen LogP) is 5.23. The van der Waals surface area contributed by atoms with Gasteiger partial charge in [0, 0.05) is 19.9 Å². The summed E-state index contributed by atoms with van der Waals surface area (Å²) in [5, 5.41) is 9.07. The number of esters is 3. The van der Waals surface area contributed by atoms with Crippen molar-refractivity contribution < 1.29 is 33.8 Å². The maximum Gasteiger partial charge on any atom is 0.380 e. The van der Waals surface area contributed by atoms with Gasteiger partial charge in [-0.05, 0) is 13.3 Å². The van der Waals surface area contributed by atoms with Gasteiger partial charge in [0.2, 0.25) is 5.78 Å². The third kappa shape index (κ3) is 19.4. The lowest BCUT2D eigenvalue weighted by atomic mass is 10.0. The SMILES string of the molecule is CCCCCCCCCCCCCCCCN=C(CCC(=O)OC(=O)C(C)O)OC(=O)C(C)=O. The molecule has 0 aromatic rings. The number of aliphatic hydroxyl groups is 1. The van der Waals surface area contributed by atoms with E-state index in [0.29, 0.717) is 6.54 Å². The van der Waals surface area contributed by atoms with Crippen LogP contribution < -0.4 is 0 Å². The summed E-state index contributed by atoms with van der Waals surface area (Å²) in [5.41, 5.74) is 0. The van der Waals surface area contributed by atoms with Crippen molar-refractivity contribution in [3.05, 3.63) is 0 Å². The summed E-state index contributed by atoms with van der Waals surface area (Å²) in [5.74, 6) is -3.76. The fourth-order valence-corrected chi connectivity index (χ4v) is 3.31. The van der Waals surface area contributed by atoms with Crippen molar-refractivity contribution in [3.63, 3.8) is 0 Å². The zero-order valence-corrected chi connectivity index (χ0v) is 21.4. The van der Waals surface area contributed by atoms with Gasteiger partial charge in [0.15, 0.2) is 5.90 Å². The fraction of sp³-hybridized carbons (Fsp3) is 0.808. The molecule has 196 valence electrons. The van der Waals surface area contributed by atoms with Gasteiger partial charge in [-0.25, -0.2) is 9.59 Å². The van der Waals surface area contributed by atoms with Crippen LogP contribution in [0.5, 0.6) is 0 Å². The molecule has 0 amide bonds. The highest BCUT2D eigenvalue weighted by Crippen LogP contribution is 2.13. The van der Waals surface area contributed by atoms with Gasteiger partial charge in [0.25, 0.3) is 0 Å². The first-order valence-corrected chi connectivity index (χ1v) is 13.0. The molecule has 0 aliphatic heterocycles. The second-order valence-corrected chi connectivity index (χ2v) is 8.79. The number of unbranched alkanes of at least 4 members (excludes halogenated alkanes) is 13. The van der Waals surface area contributed by atoms with E-state index in [1.165, 1.54) is 77.6 Å². The quantitative estimate of drug-likeness (QED) is 0.0629. The highest BCUT2D eigenvalue weighted by Gasteiger charge is 2.18. The van der Waals surface area contributed by atoms with Crippen LogP contribution in [0.4, 0.5) is 0 Å². The van der Waals surface area contributed by atoms with Crippen LogP contribution in [0.25, 0.3) is 0 Å². The lowest BCUT2D eigenvalue weighted by molar-refractivity contribution is -0.165. The number of hydrogen-bond acceptors (Lipinski definition) is 8. The van der Waals surface area contributed by atoms with E-state index in [1.807, 2.05) is 0 Å². The number of carbonyl (C=O) groups is 4. The molecule has 0 aromatic carbocycles. The summed E-state index contributed by atoms with van der Waals surface area (Å²) in [6, 6.07) is 0. The molecular formula is C26H45NO7. The Morgan fingerprint density at radius 3 is 1.65 bits per heavy atom. The Hall–Kier alpha value is -2.09. The number of ether oxygens (including phenoxy) is 2. The standard InChI is InChI=1S/C26H45NO7/c1-4-5-6-7-8-9-10-11-12-13-14-15-16-17-20-27-23(33-25(31)21(2)28)18-19-24(30)34-26(32)22(3)29/h22,29H,4-20H2,1-3H3. The Morgan fingerprint density at radius 2 is 1.21 bits per heavy atom. The monoisotopic (exact) mass is 483 g/mol. The van der Waals surface area contributed by atoms with Gasteiger partial charge < -0.3 is 14.6 Å². The number of aliphatic hydroxyl groups excluding tert-OH is 1. The van der Waals surface area contributed by atoms with Crippen molar-refractivity contribution in [3.8, 4) is 0 Å². The molecule has 0 bridgehead atoms. The normalized spacial score (nSPS) is 12.3. The molecule has 0 aliphatic carbocycles. The third-order valence-corrected chi connectivity index (χ3v) is 5.40. The smallest absolute Gasteiger partial charge is 0.380 e. The molecular weight excluding hydrogens is 438 g/mol. The van der Waals surface area contributed by atoms with Gasteiger partial charge >= 0.3 is 17.9 Å². The maximum absolute atomic E-state index is 11.7. The van der Waals surface area contributed by atoms with Crippen LogP contribution >= 0.6 is 0 Å². The highest BCUT2D eigenvalue weighted by molar-refractivity contribution is 6.34. The number of Topliss-reactive ketones (excluding diaryl/α,β-unsaturated/α-hetero) is 1. The van der Waals surface area contributed by atoms with Gasteiger partial charge in [0.1, 0.15) is 6.10 Å². The molecule has 0 spiro atoms. The first kappa shape index (κ1) is 31.9. The molecule has 0 radical (unpaired) electrons. The number of nitrogens with zero attached hydrogens (tertiary/aromatic N) is 1. The molecule has 8 heteroatoms. The van der Waals surface area contributed by atoms with E-state index in [2.05, 4.69) is 16.7 Å². The Kier molecular flexibility index (Phi) is 20.1. The van der Waals surface area contributed by atoms with E-state index in [4.69, 9.17) is 9.84 Å². The highest BCUT2D eigenvalue weighted by atomic mass is 16.6. The van der Waals surface area contributed by atoms with Crippen molar-refractivity contribution in [1.29, 1.82) is 0 Å². The van der Waals surface area contributed by atoms with Crippen molar-refractivity contribution in [2.45, 2.75) is 130 Å². The van der Waals surface area contributed by atoms with Crippen molar-refractivity contribution >= 4 is 29.6 Å². The lowest BCUT2D eigenvalue weighted by Crippen LogP contribution is -2.24. The second-order valence-electron chi connectivity index (χ2n) is 8.79. The topological polar surface area (TPSA) is 119 Å². The third-order valence-electron chi connectivity index (χ3n) is 5.40. The van der Waals surface area contributed by atoms with Gasteiger partial charge in [-0.1, -0.05) is 90.4 Å². The molecule has 0 aromatic heterocycles. The zero-order valence-electron chi connectivity index (χ0n) is 21.4. The van der Waals surface area contributed by atoms with Crippen LogP contribution in [0.1, 0.15) is 124 Å². The average molecular weight is 484 g/mol.